The topological polar surface area (TPSA) is 70.2 Å². The molecule has 142 valence electrons. The summed E-state index contributed by atoms with van der Waals surface area (Å²) in [5.41, 5.74) is 2.51. The van der Waals surface area contributed by atoms with Gasteiger partial charge < -0.3 is 15.5 Å². The molecule has 28 heavy (non-hydrogen) atoms. The van der Waals surface area contributed by atoms with Crippen LogP contribution in [0.4, 0.5) is 17.3 Å². The minimum Gasteiger partial charge on any atom is -0.381 e. The van der Waals surface area contributed by atoms with E-state index in [4.69, 9.17) is 0 Å². The van der Waals surface area contributed by atoms with Gasteiger partial charge in [0.15, 0.2) is 0 Å². The number of amides is 1. The Labute approximate surface area is 164 Å². The van der Waals surface area contributed by atoms with Crippen LogP contribution in [0.1, 0.15) is 23.2 Å². The predicted octanol–water partition coefficient (Wildman–Crippen LogP) is 3.94. The number of hydrogen-bond acceptors (Lipinski definition) is 5. The summed E-state index contributed by atoms with van der Waals surface area (Å²) in [6, 6.07) is 20.1. The van der Waals surface area contributed by atoms with Crippen molar-refractivity contribution in [2.24, 2.45) is 0 Å². The highest BCUT2D eigenvalue weighted by atomic mass is 16.2. The van der Waals surface area contributed by atoms with Crippen molar-refractivity contribution >= 4 is 23.2 Å². The Morgan fingerprint density at radius 1 is 0.929 bits per heavy atom. The van der Waals surface area contributed by atoms with Crippen LogP contribution in [-0.2, 0) is 0 Å². The highest BCUT2D eigenvalue weighted by Gasteiger charge is 2.24. The molecule has 1 aliphatic heterocycles. The Kier molecular flexibility index (Phi) is 5.47. The Balaban J connectivity index is 1.38. The third kappa shape index (κ3) is 4.46. The third-order valence-electron chi connectivity index (χ3n) is 4.78. The second-order valence-electron chi connectivity index (χ2n) is 6.89. The van der Waals surface area contributed by atoms with Crippen molar-refractivity contribution in [2.75, 3.05) is 23.7 Å². The van der Waals surface area contributed by atoms with E-state index in [-0.39, 0.29) is 11.9 Å². The number of nitrogens with one attached hydrogen (secondary N) is 2. The summed E-state index contributed by atoms with van der Waals surface area (Å²) in [6.07, 6.45) is 5.21. The number of hydrogen-bond donors (Lipinski definition) is 2. The van der Waals surface area contributed by atoms with Gasteiger partial charge in [-0.3, -0.25) is 4.79 Å². The SMILES string of the molecule is O=C(c1cnc(Nc2ccccc2)nc1)N1CCC[C@@H](Nc2ccccc2)C1. The fourth-order valence-corrected chi connectivity index (χ4v) is 3.39. The van der Waals surface area contributed by atoms with Crippen LogP contribution in [0.5, 0.6) is 0 Å². The van der Waals surface area contributed by atoms with Crippen molar-refractivity contribution in [1.82, 2.24) is 14.9 Å². The Hall–Kier alpha value is -3.41. The maximum Gasteiger partial charge on any atom is 0.257 e. The van der Waals surface area contributed by atoms with Gasteiger partial charge in [0, 0.05) is 42.9 Å². The van der Waals surface area contributed by atoms with Gasteiger partial charge in [-0.05, 0) is 37.1 Å². The van der Waals surface area contributed by atoms with Crippen LogP contribution in [0.15, 0.2) is 73.1 Å². The lowest BCUT2D eigenvalue weighted by atomic mass is 10.0. The summed E-state index contributed by atoms with van der Waals surface area (Å²) < 4.78 is 0. The van der Waals surface area contributed by atoms with Crippen LogP contribution >= 0.6 is 0 Å². The van der Waals surface area contributed by atoms with E-state index < -0.39 is 0 Å². The largest absolute Gasteiger partial charge is 0.381 e. The van der Waals surface area contributed by atoms with E-state index in [2.05, 4.69) is 20.6 Å². The zero-order chi connectivity index (χ0) is 19.2. The first-order valence-corrected chi connectivity index (χ1v) is 9.53. The molecule has 1 atom stereocenters. The molecule has 0 radical (unpaired) electrons. The molecule has 2 aromatic carbocycles. The Morgan fingerprint density at radius 3 is 2.25 bits per heavy atom. The van der Waals surface area contributed by atoms with Crippen molar-refractivity contribution in [1.29, 1.82) is 0 Å². The highest BCUT2D eigenvalue weighted by Crippen LogP contribution is 2.18. The maximum atomic E-state index is 12.9. The number of nitrogens with zero attached hydrogens (tertiary/aromatic N) is 3. The molecule has 0 unspecified atom stereocenters. The van der Waals surface area contributed by atoms with Gasteiger partial charge in [-0.25, -0.2) is 9.97 Å². The normalized spacial score (nSPS) is 16.4. The van der Waals surface area contributed by atoms with E-state index in [0.29, 0.717) is 18.1 Å². The van der Waals surface area contributed by atoms with E-state index in [9.17, 15) is 4.79 Å². The summed E-state index contributed by atoms with van der Waals surface area (Å²) in [7, 11) is 0. The zero-order valence-corrected chi connectivity index (χ0v) is 15.6. The van der Waals surface area contributed by atoms with Crippen molar-refractivity contribution in [2.45, 2.75) is 18.9 Å². The smallest absolute Gasteiger partial charge is 0.257 e. The quantitative estimate of drug-likeness (QED) is 0.709. The summed E-state index contributed by atoms with van der Waals surface area (Å²) in [4.78, 5) is 23.3. The maximum absolute atomic E-state index is 12.9. The molecule has 2 heterocycles. The van der Waals surface area contributed by atoms with Crippen molar-refractivity contribution in [3.8, 4) is 0 Å². The lowest BCUT2D eigenvalue weighted by Crippen LogP contribution is -2.45. The number of rotatable bonds is 5. The van der Waals surface area contributed by atoms with Crippen LogP contribution in [0, 0.1) is 0 Å². The van der Waals surface area contributed by atoms with Gasteiger partial charge in [-0.1, -0.05) is 36.4 Å². The second-order valence-corrected chi connectivity index (χ2v) is 6.89. The van der Waals surface area contributed by atoms with Crippen LogP contribution in [0.25, 0.3) is 0 Å². The molecule has 4 rings (SSSR count). The van der Waals surface area contributed by atoms with Gasteiger partial charge >= 0.3 is 0 Å². The Morgan fingerprint density at radius 2 is 1.57 bits per heavy atom. The first-order chi connectivity index (χ1) is 13.8. The number of anilines is 3. The highest BCUT2D eigenvalue weighted by molar-refractivity contribution is 5.93. The molecule has 6 nitrogen and oxygen atoms in total. The standard InChI is InChI=1S/C22H23N5O/c28-21(17-14-23-22(24-15-17)26-19-10-5-2-6-11-19)27-13-7-12-20(16-27)25-18-8-3-1-4-9-18/h1-6,8-11,14-15,20,25H,7,12-13,16H2,(H,23,24,26)/t20-/m1/s1. The third-order valence-corrected chi connectivity index (χ3v) is 4.78. The van der Waals surface area contributed by atoms with E-state index in [1.54, 1.807) is 12.4 Å². The molecule has 0 spiro atoms. The van der Waals surface area contributed by atoms with Crippen molar-refractivity contribution < 1.29 is 4.79 Å². The predicted molar refractivity (Wildman–Crippen MR) is 111 cm³/mol. The summed E-state index contributed by atoms with van der Waals surface area (Å²) >= 11 is 0. The van der Waals surface area contributed by atoms with Crippen molar-refractivity contribution in [3.63, 3.8) is 0 Å². The van der Waals surface area contributed by atoms with Gasteiger partial charge in [-0.15, -0.1) is 0 Å². The summed E-state index contributed by atoms with van der Waals surface area (Å²) in [5.74, 6) is 0.454. The summed E-state index contributed by atoms with van der Waals surface area (Å²) in [5, 5.41) is 6.65. The Bertz CT molecular complexity index is 899. The number of benzene rings is 2. The summed E-state index contributed by atoms with van der Waals surface area (Å²) in [6.45, 7) is 1.44. The van der Waals surface area contributed by atoms with Crippen LogP contribution < -0.4 is 10.6 Å². The average molecular weight is 373 g/mol. The van der Waals surface area contributed by atoms with Crippen LogP contribution in [0.2, 0.25) is 0 Å². The fourth-order valence-electron chi connectivity index (χ4n) is 3.39. The van der Waals surface area contributed by atoms with E-state index in [0.717, 1.165) is 30.8 Å². The molecular weight excluding hydrogens is 350 g/mol. The van der Waals surface area contributed by atoms with E-state index in [1.807, 2.05) is 65.6 Å². The molecular formula is C22H23N5O. The number of aromatic nitrogens is 2. The minimum absolute atomic E-state index is 0.0224. The van der Waals surface area contributed by atoms with Crippen LogP contribution in [-0.4, -0.2) is 39.9 Å². The molecule has 0 aliphatic carbocycles. The molecule has 0 saturated carbocycles. The lowest BCUT2D eigenvalue weighted by Gasteiger charge is -2.33. The molecule has 2 N–H and O–H groups in total. The molecule has 1 fully saturated rings. The fraction of sp³-hybridized carbons (Fsp3) is 0.227. The molecule has 6 heteroatoms. The number of para-hydroxylation sites is 2. The molecule has 3 aromatic rings. The second kappa shape index (κ2) is 8.52. The molecule has 1 amide bonds. The van der Waals surface area contributed by atoms with Gasteiger partial charge in [0.2, 0.25) is 5.95 Å². The van der Waals surface area contributed by atoms with Crippen LogP contribution in [0.3, 0.4) is 0 Å². The minimum atomic E-state index is -0.0224. The monoisotopic (exact) mass is 373 g/mol. The number of piperidine rings is 1. The van der Waals surface area contributed by atoms with E-state index in [1.165, 1.54) is 0 Å². The van der Waals surface area contributed by atoms with Gasteiger partial charge in [0.1, 0.15) is 0 Å². The van der Waals surface area contributed by atoms with Gasteiger partial charge in [-0.2, -0.15) is 0 Å². The van der Waals surface area contributed by atoms with Crippen molar-refractivity contribution in [3.05, 3.63) is 78.6 Å². The molecule has 1 aliphatic rings. The van der Waals surface area contributed by atoms with Gasteiger partial charge in [0.05, 0.1) is 5.56 Å². The molecule has 1 saturated heterocycles. The zero-order valence-electron chi connectivity index (χ0n) is 15.6. The van der Waals surface area contributed by atoms with Gasteiger partial charge in [0.25, 0.3) is 5.91 Å². The molecule has 1 aromatic heterocycles. The molecule has 0 bridgehead atoms. The lowest BCUT2D eigenvalue weighted by molar-refractivity contribution is 0.0714. The average Bonchev–Trinajstić information content (AvgIpc) is 2.75. The first-order valence-electron chi connectivity index (χ1n) is 9.53. The van der Waals surface area contributed by atoms with E-state index >= 15 is 0 Å². The number of carbonyl (C=O) groups is 1. The first kappa shape index (κ1) is 18.0. The number of likely N-dealkylation sites (tertiary alicyclic amines) is 1. The number of carbonyl (C=O) groups excluding carboxylic acids is 1.